The largest absolute Gasteiger partial charge is 0.300 e. The molecule has 0 fully saturated rings. The first kappa shape index (κ1) is 11.7. The highest BCUT2D eigenvalue weighted by atomic mass is 16.1. The normalized spacial score (nSPS) is 15.8. The van der Waals surface area contributed by atoms with Crippen molar-refractivity contribution in [1.82, 2.24) is 0 Å². The second-order valence-electron chi connectivity index (χ2n) is 5.46. The summed E-state index contributed by atoms with van der Waals surface area (Å²) in [5, 5.41) is 0. The first-order valence-electron chi connectivity index (χ1n) is 4.36. The van der Waals surface area contributed by atoms with Crippen LogP contribution in [0.1, 0.15) is 41.5 Å². The fourth-order valence-corrected chi connectivity index (χ4v) is 0.860. The lowest BCUT2D eigenvalue weighted by atomic mass is 9.61. The number of carbonyl (C=O) groups is 1. The Morgan fingerprint density at radius 2 is 1.42 bits per heavy atom. The van der Waals surface area contributed by atoms with Crippen molar-refractivity contribution >= 4 is 13.6 Å². The summed E-state index contributed by atoms with van der Waals surface area (Å²) < 4.78 is 0. The summed E-state index contributed by atoms with van der Waals surface area (Å²) in [6.45, 7) is 11.7. The molecule has 2 radical (unpaired) electrons. The number of hydrogen-bond donors (Lipinski definition) is 0. The van der Waals surface area contributed by atoms with Crippen molar-refractivity contribution < 1.29 is 4.79 Å². The molecule has 0 spiro atoms. The number of hydrogen-bond acceptors (Lipinski definition) is 1. The third kappa shape index (κ3) is 3.00. The molecule has 0 N–H and O–H groups in total. The maximum absolute atomic E-state index is 11.7. The van der Waals surface area contributed by atoms with E-state index in [4.69, 9.17) is 7.85 Å². The van der Waals surface area contributed by atoms with Gasteiger partial charge in [0.25, 0.3) is 0 Å². The van der Waals surface area contributed by atoms with E-state index in [-0.39, 0.29) is 22.4 Å². The molecule has 0 aliphatic rings. The summed E-state index contributed by atoms with van der Waals surface area (Å²) in [4.78, 5) is 11.7. The van der Waals surface area contributed by atoms with Crippen molar-refractivity contribution in [2.24, 2.45) is 10.8 Å². The molecule has 0 aliphatic carbocycles. The zero-order valence-electron chi connectivity index (χ0n) is 9.06. The van der Waals surface area contributed by atoms with E-state index in [9.17, 15) is 4.79 Å². The molecule has 1 nitrogen and oxygen atoms in total. The molecular formula is C10H19BO. The summed E-state index contributed by atoms with van der Waals surface area (Å²) in [6.07, 6.45) is 0. The minimum Gasteiger partial charge on any atom is -0.300 e. The van der Waals surface area contributed by atoms with Crippen LogP contribution in [-0.4, -0.2) is 13.6 Å². The van der Waals surface area contributed by atoms with Crippen molar-refractivity contribution in [1.29, 1.82) is 0 Å². The SMILES string of the molecule is [B]C(C(=O)C(C)(C)C)C(C)(C)C. The molecule has 0 saturated heterocycles. The molecule has 0 aromatic carbocycles. The molecular weight excluding hydrogens is 147 g/mol. The molecule has 0 aromatic rings. The smallest absolute Gasteiger partial charge is 0.133 e. The molecule has 0 amide bonds. The van der Waals surface area contributed by atoms with Gasteiger partial charge in [0, 0.05) is 5.41 Å². The topological polar surface area (TPSA) is 17.1 Å². The molecule has 0 rings (SSSR count). The Bertz CT molecular complexity index is 171. The minimum absolute atomic E-state index is 0.134. The van der Waals surface area contributed by atoms with E-state index in [0.29, 0.717) is 0 Å². The van der Waals surface area contributed by atoms with Crippen LogP contribution in [0.5, 0.6) is 0 Å². The summed E-state index contributed by atoms with van der Waals surface area (Å²) in [7, 11) is 5.83. The van der Waals surface area contributed by atoms with E-state index in [1.54, 1.807) is 0 Å². The molecule has 0 aromatic heterocycles. The van der Waals surface area contributed by atoms with Crippen molar-refractivity contribution in [2.45, 2.75) is 47.4 Å². The molecule has 0 bridgehead atoms. The van der Waals surface area contributed by atoms with E-state index in [0.717, 1.165) is 0 Å². The van der Waals surface area contributed by atoms with Gasteiger partial charge in [-0.1, -0.05) is 41.5 Å². The van der Waals surface area contributed by atoms with Gasteiger partial charge in [-0.3, -0.25) is 4.79 Å². The number of carbonyl (C=O) groups excluding carboxylic acids is 1. The monoisotopic (exact) mass is 166 g/mol. The Balaban J connectivity index is 4.53. The molecule has 12 heavy (non-hydrogen) atoms. The number of Topliss-reactive ketones (excluding diaryl/α,β-unsaturated/α-hetero) is 1. The molecule has 1 atom stereocenters. The van der Waals surface area contributed by atoms with Crippen LogP contribution in [0.3, 0.4) is 0 Å². The van der Waals surface area contributed by atoms with Crippen LogP contribution in [0, 0.1) is 10.8 Å². The van der Waals surface area contributed by atoms with Gasteiger partial charge in [-0.2, -0.15) is 0 Å². The molecule has 2 heteroatoms. The van der Waals surface area contributed by atoms with E-state index < -0.39 is 0 Å². The maximum Gasteiger partial charge on any atom is 0.133 e. The van der Waals surface area contributed by atoms with Crippen LogP contribution < -0.4 is 0 Å². The van der Waals surface area contributed by atoms with Gasteiger partial charge in [0.1, 0.15) is 5.78 Å². The van der Waals surface area contributed by atoms with Crippen molar-refractivity contribution in [3.05, 3.63) is 0 Å². The molecule has 1 unspecified atom stereocenters. The Kier molecular flexibility index (Phi) is 3.16. The van der Waals surface area contributed by atoms with Gasteiger partial charge >= 0.3 is 0 Å². The average molecular weight is 166 g/mol. The van der Waals surface area contributed by atoms with Crippen LogP contribution in [0.2, 0.25) is 5.82 Å². The summed E-state index contributed by atoms with van der Waals surface area (Å²) in [6, 6.07) is 0. The lowest BCUT2D eigenvalue weighted by Crippen LogP contribution is -2.32. The van der Waals surface area contributed by atoms with Crippen molar-refractivity contribution in [2.75, 3.05) is 0 Å². The zero-order valence-corrected chi connectivity index (χ0v) is 9.06. The Hall–Kier alpha value is -0.265. The molecule has 68 valence electrons. The quantitative estimate of drug-likeness (QED) is 0.547. The number of rotatable bonds is 1. The third-order valence-electron chi connectivity index (χ3n) is 1.95. The second-order valence-corrected chi connectivity index (χ2v) is 5.46. The van der Waals surface area contributed by atoms with Crippen molar-refractivity contribution in [3.63, 3.8) is 0 Å². The van der Waals surface area contributed by atoms with E-state index in [1.807, 2.05) is 41.5 Å². The highest BCUT2D eigenvalue weighted by molar-refractivity contribution is 6.25. The first-order chi connectivity index (χ1) is 5.07. The minimum atomic E-state index is -0.363. The standard InChI is InChI=1S/C10H19BO/c1-9(2,3)7(11)8(12)10(4,5)6/h7H,1-6H3. The Labute approximate surface area is 77.3 Å². The van der Waals surface area contributed by atoms with Crippen LogP contribution >= 0.6 is 0 Å². The molecule has 0 heterocycles. The van der Waals surface area contributed by atoms with Gasteiger partial charge in [-0.25, -0.2) is 0 Å². The fraction of sp³-hybridized carbons (Fsp3) is 0.900. The summed E-state index contributed by atoms with van der Waals surface area (Å²) in [5.74, 6) is -0.229. The maximum atomic E-state index is 11.7. The van der Waals surface area contributed by atoms with E-state index in [2.05, 4.69) is 0 Å². The molecule has 0 aliphatic heterocycles. The van der Waals surface area contributed by atoms with E-state index >= 15 is 0 Å². The Morgan fingerprint density at radius 1 is 1.08 bits per heavy atom. The van der Waals surface area contributed by atoms with Crippen LogP contribution in [0.15, 0.2) is 0 Å². The van der Waals surface area contributed by atoms with E-state index in [1.165, 1.54) is 0 Å². The fourth-order valence-electron chi connectivity index (χ4n) is 0.860. The Morgan fingerprint density at radius 3 is 1.50 bits per heavy atom. The van der Waals surface area contributed by atoms with Gasteiger partial charge in [0.2, 0.25) is 0 Å². The van der Waals surface area contributed by atoms with Gasteiger partial charge < -0.3 is 0 Å². The van der Waals surface area contributed by atoms with Crippen molar-refractivity contribution in [3.8, 4) is 0 Å². The zero-order chi connectivity index (χ0) is 10.2. The lowest BCUT2D eigenvalue weighted by Gasteiger charge is -2.31. The van der Waals surface area contributed by atoms with Gasteiger partial charge in [0.05, 0.1) is 7.85 Å². The second kappa shape index (κ2) is 3.23. The van der Waals surface area contributed by atoms with Gasteiger partial charge in [-0.05, 0) is 11.2 Å². The molecule has 0 saturated carbocycles. The lowest BCUT2D eigenvalue weighted by molar-refractivity contribution is -0.127. The highest BCUT2D eigenvalue weighted by Crippen LogP contribution is 2.34. The third-order valence-corrected chi connectivity index (χ3v) is 1.95. The predicted molar refractivity (Wildman–Crippen MR) is 53.4 cm³/mol. The van der Waals surface area contributed by atoms with Crippen LogP contribution in [0.4, 0.5) is 0 Å². The summed E-state index contributed by atoms with van der Waals surface area (Å²) in [5.41, 5.74) is -0.461. The number of ketones is 1. The van der Waals surface area contributed by atoms with Crippen LogP contribution in [-0.2, 0) is 4.79 Å². The van der Waals surface area contributed by atoms with Crippen LogP contribution in [0.25, 0.3) is 0 Å². The van der Waals surface area contributed by atoms with Gasteiger partial charge in [0.15, 0.2) is 0 Å². The summed E-state index contributed by atoms with van der Waals surface area (Å²) >= 11 is 0. The highest BCUT2D eigenvalue weighted by Gasteiger charge is 2.33. The van der Waals surface area contributed by atoms with Gasteiger partial charge in [-0.15, -0.1) is 0 Å². The average Bonchev–Trinajstić information content (AvgIpc) is 1.80. The predicted octanol–water partition coefficient (Wildman–Crippen LogP) is 2.60. The first-order valence-corrected chi connectivity index (χ1v) is 4.36.